The molecule has 7 heteroatoms. The highest BCUT2D eigenvalue weighted by atomic mass is 127. The van der Waals surface area contributed by atoms with Crippen LogP contribution in [0.4, 0.5) is 5.69 Å². The number of nitrogens with one attached hydrogen (secondary N) is 2. The summed E-state index contributed by atoms with van der Waals surface area (Å²) in [6, 6.07) is 3.94. The third-order valence-corrected chi connectivity index (χ3v) is 3.05. The summed E-state index contributed by atoms with van der Waals surface area (Å²) in [5.74, 6) is 0.136. The van der Waals surface area contributed by atoms with Crippen molar-refractivity contribution in [2.24, 2.45) is 10.7 Å². The Morgan fingerprint density at radius 3 is 2.85 bits per heavy atom. The number of aliphatic imine (C=N–C) groups is 1. The minimum atomic E-state index is -0.204. The van der Waals surface area contributed by atoms with Crippen LogP contribution in [0.2, 0.25) is 0 Å². The maximum atomic E-state index is 11.6. The minimum Gasteiger partial charge on any atom is -0.370 e. The molecule has 1 saturated carbocycles. The van der Waals surface area contributed by atoms with Gasteiger partial charge in [-0.15, -0.1) is 24.0 Å². The summed E-state index contributed by atoms with van der Waals surface area (Å²) in [4.78, 5) is 19.6. The Morgan fingerprint density at radius 2 is 2.20 bits per heavy atom. The fraction of sp³-hybridized carbons (Fsp3) is 0.462. The largest absolute Gasteiger partial charge is 0.370 e. The van der Waals surface area contributed by atoms with Crippen LogP contribution in [-0.4, -0.2) is 29.4 Å². The van der Waals surface area contributed by atoms with Crippen molar-refractivity contribution in [2.45, 2.75) is 31.7 Å². The van der Waals surface area contributed by atoms with Gasteiger partial charge in [-0.25, -0.2) is 4.99 Å². The molecule has 1 aliphatic carbocycles. The van der Waals surface area contributed by atoms with Crippen LogP contribution in [0.15, 0.2) is 29.5 Å². The fourth-order valence-electron chi connectivity index (χ4n) is 2.12. The van der Waals surface area contributed by atoms with Gasteiger partial charge in [-0.2, -0.15) is 0 Å². The molecule has 1 aromatic heterocycles. The van der Waals surface area contributed by atoms with E-state index < -0.39 is 0 Å². The molecule has 1 fully saturated rings. The lowest BCUT2D eigenvalue weighted by molar-refractivity contribution is -0.114. The zero-order valence-electron chi connectivity index (χ0n) is 11.2. The number of halogens is 1. The van der Waals surface area contributed by atoms with Crippen LogP contribution in [0.1, 0.15) is 25.7 Å². The molecule has 0 saturated heterocycles. The number of anilines is 1. The fourth-order valence-corrected chi connectivity index (χ4v) is 2.12. The number of nitrogens with zero attached hydrogens (tertiary/aromatic N) is 2. The van der Waals surface area contributed by atoms with Crippen LogP contribution >= 0.6 is 24.0 Å². The van der Waals surface area contributed by atoms with Gasteiger partial charge in [0.1, 0.15) is 6.54 Å². The number of amides is 1. The number of guanidine groups is 1. The quantitative estimate of drug-likeness (QED) is 0.413. The highest BCUT2D eigenvalue weighted by Crippen LogP contribution is 2.17. The van der Waals surface area contributed by atoms with Gasteiger partial charge in [-0.05, 0) is 25.0 Å². The van der Waals surface area contributed by atoms with Crippen molar-refractivity contribution in [3.05, 3.63) is 24.5 Å². The zero-order valence-corrected chi connectivity index (χ0v) is 13.5. The van der Waals surface area contributed by atoms with Crippen molar-refractivity contribution in [1.29, 1.82) is 0 Å². The maximum Gasteiger partial charge on any atom is 0.246 e. The zero-order chi connectivity index (χ0) is 13.5. The summed E-state index contributed by atoms with van der Waals surface area (Å²) in [5.41, 5.74) is 6.40. The third-order valence-electron chi connectivity index (χ3n) is 3.05. The van der Waals surface area contributed by atoms with Crippen molar-refractivity contribution in [3.63, 3.8) is 0 Å². The number of hydrogen-bond acceptors (Lipinski definition) is 3. The van der Waals surface area contributed by atoms with Crippen molar-refractivity contribution in [1.82, 2.24) is 10.3 Å². The summed E-state index contributed by atoms with van der Waals surface area (Å²) < 4.78 is 0. The molecular weight excluding hydrogens is 369 g/mol. The number of carbonyl (C=O) groups is 1. The number of rotatable bonds is 4. The molecule has 4 N–H and O–H groups in total. The molecule has 1 heterocycles. The highest BCUT2D eigenvalue weighted by molar-refractivity contribution is 14.0. The molecule has 0 bridgehead atoms. The molecule has 110 valence electrons. The molecule has 2 rings (SSSR count). The van der Waals surface area contributed by atoms with Gasteiger partial charge in [0.25, 0.3) is 0 Å². The second kappa shape index (κ2) is 8.72. The van der Waals surface area contributed by atoms with E-state index in [9.17, 15) is 4.79 Å². The van der Waals surface area contributed by atoms with E-state index in [1.54, 1.807) is 24.5 Å². The van der Waals surface area contributed by atoms with E-state index in [0.717, 1.165) is 12.8 Å². The van der Waals surface area contributed by atoms with Crippen LogP contribution in [-0.2, 0) is 4.79 Å². The van der Waals surface area contributed by atoms with E-state index in [-0.39, 0.29) is 36.4 Å². The summed E-state index contributed by atoms with van der Waals surface area (Å²) in [5, 5.41) is 5.83. The first kappa shape index (κ1) is 16.7. The van der Waals surface area contributed by atoms with Gasteiger partial charge in [-0.1, -0.05) is 12.8 Å². The summed E-state index contributed by atoms with van der Waals surface area (Å²) in [6.07, 6.45) is 7.94. The number of nitrogens with two attached hydrogens (primary N) is 1. The summed E-state index contributed by atoms with van der Waals surface area (Å²) in [7, 11) is 0. The average molecular weight is 389 g/mol. The van der Waals surface area contributed by atoms with E-state index in [1.807, 2.05) is 0 Å². The van der Waals surface area contributed by atoms with Crippen LogP contribution in [0.3, 0.4) is 0 Å². The molecule has 1 aromatic rings. The lowest BCUT2D eigenvalue weighted by Crippen LogP contribution is -2.39. The summed E-state index contributed by atoms with van der Waals surface area (Å²) in [6.45, 7) is 0.0143. The Kier molecular flexibility index (Phi) is 7.27. The Hall–Kier alpha value is -1.38. The molecule has 0 atom stereocenters. The van der Waals surface area contributed by atoms with Gasteiger partial charge < -0.3 is 16.4 Å². The topological polar surface area (TPSA) is 92.4 Å². The minimum absolute atomic E-state index is 0. The number of carbonyl (C=O) groups excluding carboxylic acids is 1. The average Bonchev–Trinajstić information content (AvgIpc) is 2.90. The predicted octanol–water partition coefficient (Wildman–Crippen LogP) is 1.49. The molecule has 0 spiro atoms. The molecule has 1 aliphatic rings. The predicted molar refractivity (Wildman–Crippen MR) is 90.2 cm³/mol. The Labute approximate surface area is 135 Å². The molecule has 6 nitrogen and oxygen atoms in total. The lowest BCUT2D eigenvalue weighted by atomic mass is 10.2. The SMILES string of the molecule is I.NC(=NCC(=O)Nc1cccnc1)NC1CCCC1. The van der Waals surface area contributed by atoms with Crippen molar-refractivity contribution >= 4 is 41.5 Å². The van der Waals surface area contributed by atoms with Crippen LogP contribution < -0.4 is 16.4 Å². The summed E-state index contributed by atoms with van der Waals surface area (Å²) >= 11 is 0. The van der Waals surface area contributed by atoms with Gasteiger partial charge in [0.2, 0.25) is 5.91 Å². The van der Waals surface area contributed by atoms with Crippen LogP contribution in [0.25, 0.3) is 0 Å². The maximum absolute atomic E-state index is 11.6. The van der Waals surface area contributed by atoms with Crippen molar-refractivity contribution in [2.75, 3.05) is 11.9 Å². The Bertz CT molecular complexity index is 445. The van der Waals surface area contributed by atoms with E-state index in [0.29, 0.717) is 17.7 Å². The van der Waals surface area contributed by atoms with Crippen LogP contribution in [0.5, 0.6) is 0 Å². The third kappa shape index (κ3) is 5.72. The van der Waals surface area contributed by atoms with E-state index >= 15 is 0 Å². The first-order valence-electron chi connectivity index (χ1n) is 6.50. The first-order chi connectivity index (χ1) is 9.24. The van der Waals surface area contributed by atoms with E-state index in [4.69, 9.17) is 5.73 Å². The normalized spacial score (nSPS) is 15.5. The molecular formula is C13H20IN5O. The lowest BCUT2D eigenvalue weighted by Gasteiger charge is -2.12. The molecule has 20 heavy (non-hydrogen) atoms. The Morgan fingerprint density at radius 1 is 1.45 bits per heavy atom. The smallest absolute Gasteiger partial charge is 0.246 e. The number of hydrogen-bond donors (Lipinski definition) is 3. The van der Waals surface area contributed by atoms with Crippen LogP contribution in [0, 0.1) is 0 Å². The highest BCUT2D eigenvalue weighted by Gasteiger charge is 2.14. The van der Waals surface area contributed by atoms with Gasteiger partial charge >= 0.3 is 0 Å². The molecule has 0 aromatic carbocycles. The van der Waals surface area contributed by atoms with E-state index in [1.165, 1.54) is 12.8 Å². The van der Waals surface area contributed by atoms with Crippen molar-refractivity contribution < 1.29 is 4.79 Å². The molecule has 0 aliphatic heterocycles. The second-order valence-electron chi connectivity index (χ2n) is 4.62. The number of pyridine rings is 1. The number of aromatic nitrogens is 1. The van der Waals surface area contributed by atoms with Gasteiger partial charge in [0, 0.05) is 12.2 Å². The first-order valence-corrected chi connectivity index (χ1v) is 6.50. The van der Waals surface area contributed by atoms with E-state index in [2.05, 4.69) is 20.6 Å². The van der Waals surface area contributed by atoms with Crippen molar-refractivity contribution in [3.8, 4) is 0 Å². The molecule has 0 radical (unpaired) electrons. The van der Waals surface area contributed by atoms with Gasteiger partial charge in [-0.3, -0.25) is 9.78 Å². The van der Waals surface area contributed by atoms with Gasteiger partial charge in [0.15, 0.2) is 5.96 Å². The standard InChI is InChI=1S/C13H19N5O.HI/c14-13(18-10-4-1-2-5-10)16-9-12(19)17-11-6-3-7-15-8-11;/h3,6-8,10H,1-2,4-5,9H2,(H,17,19)(H3,14,16,18);1H. The molecule has 0 unspecified atom stereocenters. The second-order valence-corrected chi connectivity index (χ2v) is 4.62. The monoisotopic (exact) mass is 389 g/mol. The Balaban J connectivity index is 0.00000200. The van der Waals surface area contributed by atoms with Gasteiger partial charge in [0.05, 0.1) is 11.9 Å². The molecule has 1 amide bonds.